The molecule has 0 atom stereocenters. The first-order valence-electron chi connectivity index (χ1n) is 11.1. The zero-order valence-corrected chi connectivity index (χ0v) is 18.5. The number of carbonyl (C=O) groups is 1. The van der Waals surface area contributed by atoms with Crippen LogP contribution in [0.3, 0.4) is 0 Å². The zero-order valence-electron chi connectivity index (χ0n) is 18.5. The predicted molar refractivity (Wildman–Crippen MR) is 114 cm³/mol. The van der Waals surface area contributed by atoms with Gasteiger partial charge in [-0.25, -0.2) is 14.7 Å². The van der Waals surface area contributed by atoms with E-state index >= 15 is 0 Å². The van der Waals surface area contributed by atoms with Crippen molar-refractivity contribution in [2.75, 3.05) is 0 Å². The van der Waals surface area contributed by atoms with Gasteiger partial charge in [0.05, 0.1) is 11.8 Å². The Hall–Kier alpha value is -1.59. The van der Waals surface area contributed by atoms with Crippen molar-refractivity contribution in [3.05, 3.63) is 0 Å². The fourth-order valence-corrected chi connectivity index (χ4v) is 3.71. The monoisotopic (exact) mass is 393 g/mol. The number of aliphatic imine (C=N–C) groups is 1. The maximum atomic E-state index is 13.1. The van der Waals surface area contributed by atoms with Gasteiger partial charge < -0.3 is 9.57 Å². The minimum atomic E-state index is -0.567. The third kappa shape index (κ3) is 7.44. The summed E-state index contributed by atoms with van der Waals surface area (Å²) in [4.78, 5) is 25.5. The molecule has 0 N–H and O–H groups in total. The second-order valence-corrected chi connectivity index (χ2v) is 9.12. The van der Waals surface area contributed by atoms with Crippen molar-refractivity contribution >= 4 is 17.8 Å². The molecule has 2 aliphatic rings. The van der Waals surface area contributed by atoms with Gasteiger partial charge in [-0.05, 0) is 59.8 Å². The third-order valence-electron chi connectivity index (χ3n) is 5.40. The van der Waals surface area contributed by atoms with E-state index in [2.05, 4.69) is 5.16 Å². The van der Waals surface area contributed by atoms with E-state index in [4.69, 9.17) is 14.6 Å². The Labute approximate surface area is 170 Å². The summed E-state index contributed by atoms with van der Waals surface area (Å²) < 4.78 is 5.73. The van der Waals surface area contributed by atoms with Crippen molar-refractivity contribution < 1.29 is 14.4 Å². The smallest absolute Gasteiger partial charge is 0.418 e. The van der Waals surface area contributed by atoms with Gasteiger partial charge in [0.2, 0.25) is 0 Å². The summed E-state index contributed by atoms with van der Waals surface area (Å²) in [7, 11) is 0. The number of carbonyl (C=O) groups excluding carboxylic acids is 1. The van der Waals surface area contributed by atoms with Gasteiger partial charge >= 0.3 is 12.1 Å². The number of rotatable bonds is 4. The number of ether oxygens (including phenoxy) is 1. The quantitative estimate of drug-likeness (QED) is 0.332. The molecule has 0 spiro atoms. The first kappa shape index (κ1) is 22.7. The molecule has 6 nitrogen and oxygen atoms in total. The summed E-state index contributed by atoms with van der Waals surface area (Å²) >= 11 is 0. The first-order valence-corrected chi connectivity index (χ1v) is 11.1. The molecule has 0 bridgehead atoms. The summed E-state index contributed by atoms with van der Waals surface area (Å²) in [6.07, 6.45) is 11.4. The molecule has 160 valence electrons. The van der Waals surface area contributed by atoms with Crippen LogP contribution in [0.4, 0.5) is 4.79 Å². The van der Waals surface area contributed by atoms with Gasteiger partial charge in [0.15, 0.2) is 0 Å². The number of hydrogen-bond acceptors (Lipinski definition) is 5. The van der Waals surface area contributed by atoms with E-state index in [-0.39, 0.29) is 18.2 Å². The molecule has 2 aliphatic carbocycles. The van der Waals surface area contributed by atoms with Crippen molar-refractivity contribution in [3.8, 4) is 0 Å². The highest BCUT2D eigenvalue weighted by atomic mass is 16.7. The van der Waals surface area contributed by atoms with Crippen molar-refractivity contribution in [2.24, 2.45) is 10.1 Å². The lowest BCUT2D eigenvalue weighted by Gasteiger charge is -2.35. The summed E-state index contributed by atoms with van der Waals surface area (Å²) in [6, 6.07) is 0.568. The molecule has 0 radical (unpaired) electrons. The average molecular weight is 394 g/mol. The van der Waals surface area contributed by atoms with Crippen LogP contribution in [-0.2, 0) is 9.57 Å². The average Bonchev–Trinajstić information content (AvgIpc) is 2.66. The standard InChI is InChI=1S/C22H39N3O3/c1-6-17(2)24-28-20(23-18-13-9-7-10-14-18)25(19-15-11-8-12-16-19)21(26)27-22(3,4)5/h18-19H,6-16H2,1-5H3/b23-20?,24-17+. The van der Waals surface area contributed by atoms with Crippen LogP contribution < -0.4 is 0 Å². The largest absolute Gasteiger partial charge is 0.443 e. The van der Waals surface area contributed by atoms with Crippen LogP contribution in [0.15, 0.2) is 10.1 Å². The van der Waals surface area contributed by atoms with Crippen LogP contribution in [-0.4, -0.2) is 40.4 Å². The second kappa shape index (κ2) is 10.8. The van der Waals surface area contributed by atoms with Gasteiger partial charge in [-0.3, -0.25) is 0 Å². The Morgan fingerprint density at radius 1 is 1.00 bits per heavy atom. The molecule has 0 aliphatic heterocycles. The lowest BCUT2D eigenvalue weighted by molar-refractivity contribution is 0.0225. The third-order valence-corrected chi connectivity index (χ3v) is 5.40. The molecule has 0 saturated heterocycles. The molecule has 1 amide bonds. The lowest BCUT2D eigenvalue weighted by atomic mass is 9.94. The topological polar surface area (TPSA) is 63.5 Å². The molecule has 2 fully saturated rings. The number of amidine groups is 1. The number of amides is 1. The van der Waals surface area contributed by atoms with Crippen LogP contribution >= 0.6 is 0 Å². The van der Waals surface area contributed by atoms with Crippen molar-refractivity contribution in [1.82, 2.24) is 4.90 Å². The fourth-order valence-electron chi connectivity index (χ4n) is 3.71. The Balaban J connectivity index is 2.33. The normalized spacial score (nSPS) is 20.8. The zero-order chi connectivity index (χ0) is 20.6. The summed E-state index contributed by atoms with van der Waals surface area (Å²) in [5.74, 6) is 0. The van der Waals surface area contributed by atoms with Gasteiger partial charge in [0, 0.05) is 6.04 Å². The minimum absolute atomic E-state index is 0.0584. The molecule has 0 aromatic rings. The minimum Gasteiger partial charge on any atom is -0.443 e. The SMILES string of the molecule is CC/C(C)=N/OC(=NC1CCCCC1)N(C(=O)OC(C)(C)C)C1CCCCC1. The Bertz CT molecular complexity index is 554. The molecule has 6 heteroatoms. The van der Waals surface area contributed by atoms with Crippen LogP contribution in [0, 0.1) is 0 Å². The van der Waals surface area contributed by atoms with E-state index in [0.717, 1.165) is 50.7 Å². The Morgan fingerprint density at radius 2 is 1.57 bits per heavy atom. The van der Waals surface area contributed by atoms with Gasteiger partial charge in [-0.15, -0.1) is 0 Å². The highest BCUT2D eigenvalue weighted by Crippen LogP contribution is 2.27. The molecule has 28 heavy (non-hydrogen) atoms. The van der Waals surface area contributed by atoms with Crippen molar-refractivity contribution in [2.45, 2.75) is 123 Å². The maximum absolute atomic E-state index is 13.1. The fraction of sp³-hybridized carbons (Fsp3) is 0.864. The molecule has 0 heterocycles. The van der Waals surface area contributed by atoms with E-state index in [1.807, 2.05) is 34.6 Å². The van der Waals surface area contributed by atoms with Crippen molar-refractivity contribution in [1.29, 1.82) is 0 Å². The van der Waals surface area contributed by atoms with Gasteiger partial charge in [0.1, 0.15) is 5.60 Å². The van der Waals surface area contributed by atoms with E-state index in [9.17, 15) is 4.79 Å². The molecule has 0 aromatic heterocycles. The maximum Gasteiger partial charge on any atom is 0.418 e. The molecule has 0 unspecified atom stereocenters. The van der Waals surface area contributed by atoms with E-state index < -0.39 is 5.60 Å². The Kier molecular flexibility index (Phi) is 8.77. The van der Waals surface area contributed by atoms with E-state index in [1.165, 1.54) is 25.7 Å². The second-order valence-electron chi connectivity index (χ2n) is 9.12. The first-order chi connectivity index (χ1) is 13.3. The van der Waals surface area contributed by atoms with E-state index in [1.54, 1.807) is 4.90 Å². The molecule has 2 rings (SSSR count). The van der Waals surface area contributed by atoms with Gasteiger partial charge in [0.25, 0.3) is 0 Å². The lowest BCUT2D eigenvalue weighted by Crippen LogP contribution is -2.48. The van der Waals surface area contributed by atoms with E-state index in [0.29, 0.717) is 6.02 Å². The highest BCUT2D eigenvalue weighted by molar-refractivity contribution is 5.92. The molecule has 0 aromatic carbocycles. The predicted octanol–water partition coefficient (Wildman–Crippen LogP) is 6.05. The molecular formula is C22H39N3O3. The summed E-state index contributed by atoms with van der Waals surface area (Å²) in [6.45, 7) is 9.63. The van der Waals surface area contributed by atoms with Crippen molar-refractivity contribution in [3.63, 3.8) is 0 Å². The van der Waals surface area contributed by atoms with Crippen LogP contribution in [0.5, 0.6) is 0 Å². The highest BCUT2D eigenvalue weighted by Gasteiger charge is 2.35. The number of hydrogen-bond donors (Lipinski definition) is 0. The van der Waals surface area contributed by atoms with Gasteiger partial charge in [-0.2, -0.15) is 0 Å². The van der Waals surface area contributed by atoms with Crippen LogP contribution in [0.1, 0.15) is 105 Å². The van der Waals surface area contributed by atoms with Crippen LogP contribution in [0.25, 0.3) is 0 Å². The molecular weight excluding hydrogens is 354 g/mol. The Morgan fingerprint density at radius 3 is 2.11 bits per heavy atom. The van der Waals surface area contributed by atoms with Crippen LogP contribution in [0.2, 0.25) is 0 Å². The molecule has 2 saturated carbocycles. The summed E-state index contributed by atoms with van der Waals surface area (Å²) in [5, 5.41) is 4.24. The number of nitrogens with zero attached hydrogens (tertiary/aromatic N) is 3. The number of oxime groups is 1. The van der Waals surface area contributed by atoms with Gasteiger partial charge in [-0.1, -0.05) is 50.6 Å². The summed E-state index contributed by atoms with van der Waals surface area (Å²) in [5.41, 5.74) is 0.312.